The average molecular weight is 357 g/mol. The molecule has 0 aliphatic heterocycles. The molecule has 5 heteroatoms. The first-order valence-corrected chi connectivity index (χ1v) is 9.01. The summed E-state index contributed by atoms with van der Waals surface area (Å²) in [4.78, 5) is 13.2. The van der Waals surface area contributed by atoms with E-state index >= 15 is 0 Å². The number of ether oxygens (including phenoxy) is 1. The number of likely N-dealkylation sites (N-methyl/N-ethyl adjacent to an activating group) is 1. The van der Waals surface area contributed by atoms with Gasteiger partial charge in [0.15, 0.2) is 0 Å². The summed E-state index contributed by atoms with van der Waals surface area (Å²) < 4.78 is 5.21. The standard InChI is InChI=1S/C14H22N2O2.C7H9N/c1-3-10-16(4-2)11-13(18-14(15)17)12-8-6-5-7-9-12;1-6-3-2-4-7(8)5-6/h5-9,13H,3-4,10-11H2,1-2H3,(H2,15,17);2-5H,8H2,1H3/t13-;/m1./s1. The van der Waals surface area contributed by atoms with Crippen molar-refractivity contribution in [2.45, 2.75) is 33.3 Å². The van der Waals surface area contributed by atoms with E-state index in [0.29, 0.717) is 6.54 Å². The van der Waals surface area contributed by atoms with Crippen LogP contribution in [0.5, 0.6) is 0 Å². The van der Waals surface area contributed by atoms with Gasteiger partial charge < -0.3 is 16.2 Å². The maximum atomic E-state index is 11.0. The smallest absolute Gasteiger partial charge is 0.405 e. The summed E-state index contributed by atoms with van der Waals surface area (Å²) in [5, 5.41) is 0. The number of nitrogens with two attached hydrogens (primary N) is 2. The Kier molecular flexibility index (Phi) is 9.87. The maximum Gasteiger partial charge on any atom is 0.405 e. The molecule has 0 aliphatic carbocycles. The number of aryl methyl sites for hydroxylation is 1. The summed E-state index contributed by atoms with van der Waals surface area (Å²) in [6.45, 7) is 8.85. The molecule has 0 saturated heterocycles. The highest BCUT2D eigenvalue weighted by Crippen LogP contribution is 2.18. The third-order valence-corrected chi connectivity index (χ3v) is 3.88. The number of benzene rings is 2. The van der Waals surface area contributed by atoms with E-state index in [4.69, 9.17) is 16.2 Å². The summed E-state index contributed by atoms with van der Waals surface area (Å²) in [6.07, 6.45) is 0.0537. The number of hydrogen-bond donors (Lipinski definition) is 2. The monoisotopic (exact) mass is 357 g/mol. The lowest BCUT2D eigenvalue weighted by atomic mass is 10.1. The minimum Gasteiger partial charge on any atom is -0.440 e. The van der Waals surface area contributed by atoms with Crippen molar-refractivity contribution in [1.29, 1.82) is 0 Å². The van der Waals surface area contributed by atoms with Crippen molar-refractivity contribution in [2.75, 3.05) is 25.4 Å². The Hall–Kier alpha value is -2.53. The molecule has 4 N–H and O–H groups in total. The van der Waals surface area contributed by atoms with Crippen LogP contribution < -0.4 is 11.5 Å². The summed E-state index contributed by atoms with van der Waals surface area (Å²) in [5.41, 5.74) is 13.6. The van der Waals surface area contributed by atoms with Crippen LogP contribution in [0.1, 0.15) is 37.5 Å². The minimum atomic E-state index is -0.726. The van der Waals surface area contributed by atoms with E-state index in [1.807, 2.05) is 61.5 Å². The number of rotatable bonds is 7. The Bertz CT molecular complexity index is 629. The number of nitrogens with zero attached hydrogens (tertiary/aromatic N) is 1. The van der Waals surface area contributed by atoms with E-state index in [2.05, 4.69) is 18.7 Å². The number of anilines is 1. The van der Waals surface area contributed by atoms with E-state index in [1.54, 1.807) is 0 Å². The Balaban J connectivity index is 0.000000350. The summed E-state index contributed by atoms with van der Waals surface area (Å²) in [5.74, 6) is 0. The van der Waals surface area contributed by atoms with Gasteiger partial charge >= 0.3 is 6.09 Å². The van der Waals surface area contributed by atoms with Crippen molar-refractivity contribution in [3.8, 4) is 0 Å². The molecule has 0 bridgehead atoms. The van der Waals surface area contributed by atoms with Gasteiger partial charge in [0.05, 0.1) is 0 Å². The summed E-state index contributed by atoms with van der Waals surface area (Å²) in [7, 11) is 0. The molecule has 1 atom stereocenters. The molecule has 0 fully saturated rings. The van der Waals surface area contributed by atoms with Crippen molar-refractivity contribution in [2.24, 2.45) is 5.73 Å². The van der Waals surface area contributed by atoms with Crippen LogP contribution in [0.25, 0.3) is 0 Å². The van der Waals surface area contributed by atoms with Crippen molar-refractivity contribution >= 4 is 11.8 Å². The molecule has 2 aromatic rings. The van der Waals surface area contributed by atoms with Gasteiger partial charge in [-0.25, -0.2) is 4.79 Å². The first-order valence-electron chi connectivity index (χ1n) is 9.01. The highest BCUT2D eigenvalue weighted by Gasteiger charge is 2.17. The zero-order valence-electron chi connectivity index (χ0n) is 16.0. The van der Waals surface area contributed by atoms with Crippen LogP contribution in [0.15, 0.2) is 54.6 Å². The van der Waals surface area contributed by atoms with Gasteiger partial charge in [-0.15, -0.1) is 0 Å². The second-order valence-electron chi connectivity index (χ2n) is 6.14. The number of carbonyl (C=O) groups excluding carboxylic acids is 1. The number of nitrogen functional groups attached to an aromatic ring is 1. The molecule has 2 aromatic carbocycles. The molecule has 0 heterocycles. The van der Waals surface area contributed by atoms with Crippen LogP contribution in [0.2, 0.25) is 0 Å². The third kappa shape index (κ3) is 8.53. The van der Waals surface area contributed by atoms with Crippen LogP contribution in [-0.2, 0) is 4.74 Å². The predicted molar refractivity (Wildman–Crippen MR) is 108 cm³/mol. The van der Waals surface area contributed by atoms with Crippen molar-refractivity contribution < 1.29 is 9.53 Å². The summed E-state index contributed by atoms with van der Waals surface area (Å²) >= 11 is 0. The molecule has 0 spiro atoms. The quantitative estimate of drug-likeness (QED) is 0.730. The number of primary amides is 1. The Morgan fingerprint density at radius 1 is 1.12 bits per heavy atom. The number of amides is 1. The summed E-state index contributed by atoms with van der Waals surface area (Å²) in [6, 6.07) is 17.5. The molecule has 0 aliphatic rings. The van der Waals surface area contributed by atoms with Gasteiger partial charge in [0.25, 0.3) is 0 Å². The number of hydrogen-bond acceptors (Lipinski definition) is 4. The van der Waals surface area contributed by atoms with E-state index in [-0.39, 0.29) is 6.10 Å². The van der Waals surface area contributed by atoms with Crippen LogP contribution >= 0.6 is 0 Å². The molecule has 5 nitrogen and oxygen atoms in total. The van der Waals surface area contributed by atoms with Gasteiger partial charge in [0.2, 0.25) is 0 Å². The molecule has 26 heavy (non-hydrogen) atoms. The van der Waals surface area contributed by atoms with Gasteiger partial charge in [0, 0.05) is 12.2 Å². The highest BCUT2D eigenvalue weighted by molar-refractivity contribution is 5.65. The number of carbonyl (C=O) groups is 1. The van der Waals surface area contributed by atoms with Gasteiger partial charge in [-0.2, -0.15) is 0 Å². The third-order valence-electron chi connectivity index (χ3n) is 3.88. The van der Waals surface area contributed by atoms with Gasteiger partial charge in [-0.3, -0.25) is 4.90 Å². The van der Waals surface area contributed by atoms with E-state index in [0.717, 1.165) is 30.8 Å². The SMILES string of the molecule is CCCN(CC)C[C@@H](OC(N)=O)c1ccccc1.Cc1cccc(N)c1. The van der Waals surface area contributed by atoms with Crippen LogP contribution in [0.4, 0.5) is 10.5 Å². The zero-order chi connectivity index (χ0) is 19.4. The molecule has 0 aromatic heterocycles. The van der Waals surface area contributed by atoms with Gasteiger partial charge in [-0.05, 0) is 49.7 Å². The highest BCUT2D eigenvalue weighted by atomic mass is 16.6. The molecule has 2 rings (SSSR count). The fraction of sp³-hybridized carbons (Fsp3) is 0.381. The molecule has 0 radical (unpaired) electrons. The molecule has 142 valence electrons. The van der Waals surface area contributed by atoms with Gasteiger partial charge in [-0.1, -0.05) is 56.3 Å². The Labute approximate surface area is 156 Å². The lowest BCUT2D eigenvalue weighted by molar-refractivity contribution is 0.0774. The molecule has 1 amide bonds. The fourth-order valence-corrected chi connectivity index (χ4v) is 2.62. The van der Waals surface area contributed by atoms with Crippen molar-refractivity contribution in [3.05, 3.63) is 65.7 Å². The lowest BCUT2D eigenvalue weighted by Gasteiger charge is -2.25. The van der Waals surface area contributed by atoms with Crippen LogP contribution in [0.3, 0.4) is 0 Å². The lowest BCUT2D eigenvalue weighted by Crippen LogP contribution is -2.32. The zero-order valence-corrected chi connectivity index (χ0v) is 16.0. The first kappa shape index (κ1) is 21.5. The van der Waals surface area contributed by atoms with E-state index in [1.165, 1.54) is 5.56 Å². The van der Waals surface area contributed by atoms with Crippen molar-refractivity contribution in [3.63, 3.8) is 0 Å². The van der Waals surface area contributed by atoms with Crippen molar-refractivity contribution in [1.82, 2.24) is 4.90 Å². The molecular formula is C21H31N3O2. The molecule has 0 unspecified atom stereocenters. The predicted octanol–water partition coefficient (Wildman–Crippen LogP) is 4.13. The molecular weight excluding hydrogens is 326 g/mol. The minimum absolute atomic E-state index is 0.296. The van der Waals surface area contributed by atoms with E-state index < -0.39 is 6.09 Å². The fourth-order valence-electron chi connectivity index (χ4n) is 2.62. The van der Waals surface area contributed by atoms with Crippen LogP contribution in [-0.4, -0.2) is 30.6 Å². The molecule has 0 saturated carbocycles. The second-order valence-corrected chi connectivity index (χ2v) is 6.14. The largest absolute Gasteiger partial charge is 0.440 e. The topological polar surface area (TPSA) is 81.6 Å². The van der Waals surface area contributed by atoms with E-state index in [9.17, 15) is 4.79 Å². The van der Waals surface area contributed by atoms with Crippen LogP contribution in [0, 0.1) is 6.92 Å². The Morgan fingerprint density at radius 2 is 1.81 bits per heavy atom. The van der Waals surface area contributed by atoms with Gasteiger partial charge in [0.1, 0.15) is 6.10 Å². The maximum absolute atomic E-state index is 11.0. The normalized spacial score (nSPS) is 11.4. The Morgan fingerprint density at radius 3 is 2.27 bits per heavy atom. The second kappa shape index (κ2) is 11.9. The first-order chi connectivity index (χ1) is 12.5. The average Bonchev–Trinajstić information content (AvgIpc) is 2.61.